The van der Waals surface area contributed by atoms with Crippen molar-refractivity contribution in [2.45, 2.75) is 19.5 Å². The largest absolute Gasteiger partial charge is 0.435 e. The van der Waals surface area contributed by atoms with Crippen LogP contribution in [-0.2, 0) is 4.79 Å². The summed E-state index contributed by atoms with van der Waals surface area (Å²) in [6.45, 7) is -2.12. The molecule has 0 saturated carbocycles. The van der Waals surface area contributed by atoms with Crippen LogP contribution in [0.25, 0.3) is 0 Å². The van der Waals surface area contributed by atoms with Gasteiger partial charge in [0.15, 0.2) is 0 Å². The maximum atomic E-state index is 12.0. The molecule has 0 fully saturated rings. The van der Waals surface area contributed by atoms with E-state index in [2.05, 4.69) is 15.4 Å². The fourth-order valence-electron chi connectivity index (χ4n) is 1.40. The van der Waals surface area contributed by atoms with Gasteiger partial charge in [-0.3, -0.25) is 4.79 Å². The Bertz CT molecular complexity index is 386. The van der Waals surface area contributed by atoms with Crippen molar-refractivity contribution < 1.29 is 18.3 Å². The van der Waals surface area contributed by atoms with Crippen molar-refractivity contribution in [1.82, 2.24) is 5.32 Å². The van der Waals surface area contributed by atoms with Gasteiger partial charge in [0.05, 0.1) is 0 Å². The molecule has 0 atom stereocenters. The smallest absolute Gasteiger partial charge is 0.387 e. The van der Waals surface area contributed by atoms with E-state index in [1.807, 2.05) is 7.05 Å². The first kappa shape index (κ1) is 14.4. The second-order valence-electron chi connectivity index (χ2n) is 3.66. The molecule has 1 aromatic carbocycles. The molecule has 0 bridgehead atoms. The number of anilines is 1. The Hall–Kier alpha value is -1.69. The summed E-state index contributed by atoms with van der Waals surface area (Å²) in [5, 5.41) is 5.56. The molecule has 100 valence electrons. The molecule has 1 rings (SSSR count). The number of ether oxygens (including phenoxy) is 1. The highest BCUT2D eigenvalue weighted by Gasteiger charge is 2.06. The lowest BCUT2D eigenvalue weighted by molar-refractivity contribution is -0.116. The van der Waals surface area contributed by atoms with Gasteiger partial charge in [-0.2, -0.15) is 8.78 Å². The third-order valence-electron chi connectivity index (χ3n) is 2.17. The van der Waals surface area contributed by atoms with Crippen molar-refractivity contribution in [3.05, 3.63) is 24.3 Å². The van der Waals surface area contributed by atoms with Gasteiger partial charge in [-0.15, -0.1) is 0 Å². The van der Waals surface area contributed by atoms with E-state index in [4.69, 9.17) is 0 Å². The van der Waals surface area contributed by atoms with E-state index in [0.29, 0.717) is 12.1 Å². The van der Waals surface area contributed by atoms with E-state index in [1.165, 1.54) is 12.1 Å². The first-order chi connectivity index (χ1) is 8.61. The van der Waals surface area contributed by atoms with Gasteiger partial charge in [0, 0.05) is 18.2 Å². The van der Waals surface area contributed by atoms with Crippen molar-refractivity contribution in [1.29, 1.82) is 0 Å². The molecule has 18 heavy (non-hydrogen) atoms. The van der Waals surface area contributed by atoms with Gasteiger partial charge in [-0.05, 0) is 32.1 Å². The molecule has 1 amide bonds. The third kappa shape index (κ3) is 5.58. The highest BCUT2D eigenvalue weighted by molar-refractivity contribution is 5.90. The SMILES string of the molecule is CNCCCC(=O)Nc1cccc(OC(F)F)c1. The molecule has 0 spiro atoms. The number of amides is 1. The zero-order valence-electron chi connectivity index (χ0n) is 10.1. The fourth-order valence-corrected chi connectivity index (χ4v) is 1.40. The molecule has 4 nitrogen and oxygen atoms in total. The van der Waals surface area contributed by atoms with Crippen LogP contribution in [0.3, 0.4) is 0 Å². The lowest BCUT2D eigenvalue weighted by atomic mass is 10.2. The van der Waals surface area contributed by atoms with Gasteiger partial charge < -0.3 is 15.4 Å². The molecular weight excluding hydrogens is 242 g/mol. The first-order valence-electron chi connectivity index (χ1n) is 5.61. The Balaban J connectivity index is 2.48. The number of carbonyl (C=O) groups is 1. The number of rotatable bonds is 7. The van der Waals surface area contributed by atoms with Gasteiger partial charge >= 0.3 is 6.61 Å². The van der Waals surface area contributed by atoms with Crippen LogP contribution < -0.4 is 15.4 Å². The predicted molar refractivity (Wildman–Crippen MR) is 64.9 cm³/mol. The predicted octanol–water partition coefficient (Wildman–Crippen LogP) is 2.23. The van der Waals surface area contributed by atoms with E-state index in [9.17, 15) is 13.6 Å². The minimum absolute atomic E-state index is 0.0259. The lowest BCUT2D eigenvalue weighted by Gasteiger charge is -2.08. The minimum atomic E-state index is -2.87. The van der Waals surface area contributed by atoms with Crippen LogP contribution in [0, 0.1) is 0 Å². The molecule has 2 N–H and O–H groups in total. The summed E-state index contributed by atoms with van der Waals surface area (Å²) in [5.74, 6) is -0.127. The zero-order chi connectivity index (χ0) is 13.4. The van der Waals surface area contributed by atoms with Crippen molar-refractivity contribution >= 4 is 11.6 Å². The lowest BCUT2D eigenvalue weighted by Crippen LogP contribution is -2.15. The highest BCUT2D eigenvalue weighted by atomic mass is 19.3. The van der Waals surface area contributed by atoms with Crippen LogP contribution in [0.1, 0.15) is 12.8 Å². The summed E-state index contributed by atoms with van der Waals surface area (Å²) in [4.78, 5) is 11.5. The van der Waals surface area contributed by atoms with Crippen molar-refractivity contribution in [3.8, 4) is 5.75 Å². The van der Waals surface area contributed by atoms with Gasteiger partial charge in [0.1, 0.15) is 5.75 Å². The Kier molecular flexibility index (Phi) is 6.07. The zero-order valence-corrected chi connectivity index (χ0v) is 10.1. The normalized spacial score (nSPS) is 10.4. The summed E-state index contributed by atoms with van der Waals surface area (Å²) in [5.41, 5.74) is 0.447. The van der Waals surface area contributed by atoms with E-state index >= 15 is 0 Å². The van der Waals surface area contributed by atoms with E-state index in [1.54, 1.807) is 12.1 Å². The van der Waals surface area contributed by atoms with Crippen molar-refractivity contribution in [3.63, 3.8) is 0 Å². The molecule has 0 aliphatic carbocycles. The minimum Gasteiger partial charge on any atom is -0.435 e. The summed E-state index contributed by atoms with van der Waals surface area (Å²) in [7, 11) is 1.81. The molecule has 0 radical (unpaired) electrons. The quantitative estimate of drug-likeness (QED) is 0.737. The maximum Gasteiger partial charge on any atom is 0.387 e. The average molecular weight is 258 g/mol. The molecule has 0 aliphatic heterocycles. The van der Waals surface area contributed by atoms with E-state index < -0.39 is 6.61 Å². The Morgan fingerprint density at radius 3 is 2.89 bits per heavy atom. The molecule has 0 aliphatic rings. The number of alkyl halides is 2. The second kappa shape index (κ2) is 7.60. The van der Waals surface area contributed by atoms with Crippen LogP contribution in [0.4, 0.5) is 14.5 Å². The molecule has 0 saturated heterocycles. The Labute approximate surface area is 104 Å². The van der Waals surface area contributed by atoms with Gasteiger partial charge in [-0.1, -0.05) is 6.07 Å². The number of halogens is 2. The third-order valence-corrected chi connectivity index (χ3v) is 2.17. The number of hydrogen-bond acceptors (Lipinski definition) is 3. The van der Waals surface area contributed by atoms with Crippen molar-refractivity contribution in [2.75, 3.05) is 18.9 Å². The van der Waals surface area contributed by atoms with Crippen LogP contribution in [0.5, 0.6) is 5.75 Å². The van der Waals surface area contributed by atoms with Crippen LogP contribution in [0.15, 0.2) is 24.3 Å². The van der Waals surface area contributed by atoms with Crippen molar-refractivity contribution in [2.24, 2.45) is 0 Å². The summed E-state index contributed by atoms with van der Waals surface area (Å²) in [6, 6.07) is 5.93. The molecule has 1 aromatic rings. The maximum absolute atomic E-state index is 12.0. The molecule has 0 aromatic heterocycles. The molecule has 0 heterocycles. The molecule has 6 heteroatoms. The summed E-state index contributed by atoms with van der Waals surface area (Å²) < 4.78 is 28.2. The number of hydrogen-bond donors (Lipinski definition) is 2. The number of benzene rings is 1. The Morgan fingerprint density at radius 1 is 1.44 bits per heavy atom. The van der Waals surface area contributed by atoms with E-state index in [-0.39, 0.29) is 11.7 Å². The topological polar surface area (TPSA) is 50.4 Å². The monoisotopic (exact) mass is 258 g/mol. The van der Waals surface area contributed by atoms with Crippen LogP contribution in [-0.4, -0.2) is 26.1 Å². The van der Waals surface area contributed by atoms with Crippen LogP contribution >= 0.6 is 0 Å². The summed E-state index contributed by atoms with van der Waals surface area (Å²) >= 11 is 0. The Morgan fingerprint density at radius 2 is 2.22 bits per heavy atom. The van der Waals surface area contributed by atoms with E-state index in [0.717, 1.165) is 13.0 Å². The van der Waals surface area contributed by atoms with Gasteiger partial charge in [0.2, 0.25) is 5.91 Å². The standard InChI is InChI=1S/C12H16F2N2O2/c1-15-7-3-6-11(17)16-9-4-2-5-10(8-9)18-12(13)14/h2,4-5,8,12,15H,3,6-7H2,1H3,(H,16,17). The van der Waals surface area contributed by atoms with Gasteiger partial charge in [0.25, 0.3) is 0 Å². The average Bonchev–Trinajstić information content (AvgIpc) is 2.28. The number of carbonyl (C=O) groups excluding carboxylic acids is 1. The summed E-state index contributed by atoms with van der Waals surface area (Å²) in [6.07, 6.45) is 1.09. The van der Waals surface area contributed by atoms with Crippen LogP contribution in [0.2, 0.25) is 0 Å². The highest BCUT2D eigenvalue weighted by Crippen LogP contribution is 2.19. The fraction of sp³-hybridized carbons (Fsp3) is 0.417. The second-order valence-corrected chi connectivity index (χ2v) is 3.66. The molecular formula is C12H16F2N2O2. The molecule has 0 unspecified atom stereocenters. The first-order valence-corrected chi connectivity index (χ1v) is 5.61. The van der Waals surface area contributed by atoms with Gasteiger partial charge in [-0.25, -0.2) is 0 Å². The number of nitrogens with one attached hydrogen (secondary N) is 2.